The van der Waals surface area contributed by atoms with Gasteiger partial charge in [-0.15, -0.1) is 0 Å². The number of benzene rings is 2. The SMILES string of the molecule is OCc1cccc(-c2cc(F)c(Cl)c(F)c2)c1. The van der Waals surface area contributed by atoms with Crippen molar-refractivity contribution in [2.45, 2.75) is 6.61 Å². The van der Waals surface area contributed by atoms with Gasteiger partial charge in [-0.3, -0.25) is 0 Å². The maximum Gasteiger partial charge on any atom is 0.145 e. The maximum absolute atomic E-state index is 13.3. The fourth-order valence-corrected chi connectivity index (χ4v) is 1.68. The van der Waals surface area contributed by atoms with Gasteiger partial charge in [0.2, 0.25) is 0 Å². The van der Waals surface area contributed by atoms with Gasteiger partial charge in [-0.2, -0.15) is 0 Å². The van der Waals surface area contributed by atoms with Crippen molar-refractivity contribution in [2.24, 2.45) is 0 Å². The van der Waals surface area contributed by atoms with Crippen LogP contribution in [0.25, 0.3) is 11.1 Å². The van der Waals surface area contributed by atoms with Crippen molar-refractivity contribution in [2.75, 3.05) is 0 Å². The topological polar surface area (TPSA) is 20.2 Å². The van der Waals surface area contributed by atoms with E-state index in [1.54, 1.807) is 24.3 Å². The minimum atomic E-state index is -0.795. The van der Waals surface area contributed by atoms with Crippen molar-refractivity contribution < 1.29 is 13.9 Å². The van der Waals surface area contributed by atoms with E-state index in [2.05, 4.69) is 0 Å². The van der Waals surface area contributed by atoms with Gasteiger partial charge in [-0.1, -0.05) is 29.8 Å². The molecule has 0 heterocycles. The van der Waals surface area contributed by atoms with E-state index in [9.17, 15) is 8.78 Å². The Bertz CT molecular complexity index is 532. The number of rotatable bonds is 2. The first kappa shape index (κ1) is 12.0. The molecule has 0 aromatic heterocycles. The van der Waals surface area contributed by atoms with E-state index < -0.39 is 16.7 Å². The average Bonchev–Trinajstić information content (AvgIpc) is 2.35. The van der Waals surface area contributed by atoms with Gasteiger partial charge in [0.05, 0.1) is 6.61 Å². The van der Waals surface area contributed by atoms with Crippen molar-refractivity contribution in [1.82, 2.24) is 0 Å². The van der Waals surface area contributed by atoms with Crippen LogP contribution in [0.2, 0.25) is 5.02 Å². The molecule has 0 aliphatic carbocycles. The Morgan fingerprint density at radius 3 is 2.24 bits per heavy atom. The Balaban J connectivity index is 2.52. The van der Waals surface area contributed by atoms with Crippen LogP contribution in [0, 0.1) is 11.6 Å². The lowest BCUT2D eigenvalue weighted by Crippen LogP contribution is -1.89. The first-order valence-corrected chi connectivity index (χ1v) is 5.34. The Kier molecular flexibility index (Phi) is 3.41. The minimum absolute atomic E-state index is 0.119. The highest BCUT2D eigenvalue weighted by molar-refractivity contribution is 6.31. The zero-order chi connectivity index (χ0) is 12.4. The number of hydrogen-bond donors (Lipinski definition) is 1. The molecule has 17 heavy (non-hydrogen) atoms. The maximum atomic E-state index is 13.3. The molecule has 0 atom stereocenters. The standard InChI is InChI=1S/C13H9ClF2O/c14-13-11(15)5-10(6-12(13)16)9-3-1-2-8(4-9)7-17/h1-6,17H,7H2. The molecule has 1 N–H and O–H groups in total. The van der Waals surface area contributed by atoms with Crippen LogP contribution in [0.4, 0.5) is 8.78 Å². The molecule has 0 fully saturated rings. The smallest absolute Gasteiger partial charge is 0.145 e. The van der Waals surface area contributed by atoms with E-state index in [0.29, 0.717) is 16.7 Å². The first-order valence-electron chi connectivity index (χ1n) is 4.96. The van der Waals surface area contributed by atoms with Crippen LogP contribution in [0.15, 0.2) is 36.4 Å². The molecule has 0 aliphatic rings. The number of aliphatic hydroxyl groups is 1. The highest BCUT2D eigenvalue weighted by Gasteiger charge is 2.10. The summed E-state index contributed by atoms with van der Waals surface area (Å²) in [5, 5.41) is 8.49. The van der Waals surface area contributed by atoms with Gasteiger partial charge in [0.15, 0.2) is 0 Å². The monoisotopic (exact) mass is 254 g/mol. The lowest BCUT2D eigenvalue weighted by atomic mass is 10.0. The third-order valence-corrected chi connectivity index (χ3v) is 2.79. The molecule has 1 nitrogen and oxygen atoms in total. The third kappa shape index (κ3) is 2.46. The summed E-state index contributed by atoms with van der Waals surface area (Å²) in [5.74, 6) is -1.59. The second-order valence-electron chi connectivity index (χ2n) is 3.61. The predicted molar refractivity (Wildman–Crippen MR) is 62.7 cm³/mol. The summed E-state index contributed by atoms with van der Waals surface area (Å²) in [7, 11) is 0. The summed E-state index contributed by atoms with van der Waals surface area (Å²) in [6, 6.07) is 9.16. The van der Waals surface area contributed by atoms with Gasteiger partial charge >= 0.3 is 0 Å². The van der Waals surface area contributed by atoms with Crippen molar-refractivity contribution >= 4 is 11.6 Å². The summed E-state index contributed by atoms with van der Waals surface area (Å²) in [6.07, 6.45) is 0. The lowest BCUT2D eigenvalue weighted by molar-refractivity contribution is 0.282. The van der Waals surface area contributed by atoms with Crippen LogP contribution >= 0.6 is 11.6 Å². The molecule has 0 saturated carbocycles. The second-order valence-corrected chi connectivity index (χ2v) is 3.99. The van der Waals surface area contributed by atoms with Gasteiger partial charge < -0.3 is 5.11 Å². The number of aliphatic hydroxyl groups excluding tert-OH is 1. The van der Waals surface area contributed by atoms with Gasteiger partial charge in [0.25, 0.3) is 0 Å². The Morgan fingerprint density at radius 2 is 1.65 bits per heavy atom. The van der Waals surface area contributed by atoms with Crippen LogP contribution in [0.5, 0.6) is 0 Å². The van der Waals surface area contributed by atoms with Crippen molar-refractivity contribution in [1.29, 1.82) is 0 Å². The van der Waals surface area contributed by atoms with Crippen LogP contribution in [0.1, 0.15) is 5.56 Å². The normalized spacial score (nSPS) is 10.6. The number of halogens is 3. The van der Waals surface area contributed by atoms with E-state index >= 15 is 0 Å². The molecule has 0 unspecified atom stereocenters. The predicted octanol–water partition coefficient (Wildman–Crippen LogP) is 3.78. The molecular formula is C13H9ClF2O. The van der Waals surface area contributed by atoms with Crippen LogP contribution < -0.4 is 0 Å². The van der Waals surface area contributed by atoms with E-state index in [1.807, 2.05) is 0 Å². The van der Waals surface area contributed by atoms with Gasteiger partial charge in [0.1, 0.15) is 16.7 Å². The Labute approximate surface area is 102 Å². The molecule has 2 aromatic rings. The zero-order valence-corrected chi connectivity index (χ0v) is 9.51. The summed E-state index contributed by atoms with van der Waals surface area (Å²) < 4.78 is 26.6. The highest BCUT2D eigenvalue weighted by Crippen LogP contribution is 2.27. The Morgan fingerprint density at radius 1 is 1.00 bits per heavy atom. The summed E-state index contributed by atoms with van der Waals surface area (Å²) >= 11 is 5.41. The fraction of sp³-hybridized carbons (Fsp3) is 0.0769. The average molecular weight is 255 g/mol. The van der Waals surface area contributed by atoms with E-state index in [4.69, 9.17) is 16.7 Å². The Hall–Kier alpha value is -1.45. The van der Waals surface area contributed by atoms with Crippen LogP contribution in [-0.4, -0.2) is 5.11 Å². The fourth-order valence-electron chi connectivity index (χ4n) is 1.57. The molecule has 4 heteroatoms. The molecule has 0 saturated heterocycles. The van der Waals surface area contributed by atoms with Gasteiger partial charge in [-0.05, 0) is 34.9 Å². The summed E-state index contributed by atoms with van der Waals surface area (Å²) in [4.78, 5) is 0. The minimum Gasteiger partial charge on any atom is -0.392 e. The molecule has 0 bridgehead atoms. The second kappa shape index (κ2) is 4.82. The first-order chi connectivity index (χ1) is 8.11. The van der Waals surface area contributed by atoms with E-state index in [1.165, 1.54) is 12.1 Å². The van der Waals surface area contributed by atoms with Crippen LogP contribution in [-0.2, 0) is 6.61 Å². The molecule has 0 amide bonds. The molecule has 2 aromatic carbocycles. The molecule has 88 valence electrons. The number of hydrogen-bond acceptors (Lipinski definition) is 1. The summed E-state index contributed by atoms with van der Waals surface area (Å²) in [6.45, 7) is -0.119. The summed E-state index contributed by atoms with van der Waals surface area (Å²) in [5.41, 5.74) is 1.70. The molecular weight excluding hydrogens is 246 g/mol. The zero-order valence-electron chi connectivity index (χ0n) is 8.75. The highest BCUT2D eigenvalue weighted by atomic mass is 35.5. The van der Waals surface area contributed by atoms with Crippen molar-refractivity contribution in [3.05, 3.63) is 58.6 Å². The third-order valence-electron chi connectivity index (χ3n) is 2.43. The van der Waals surface area contributed by atoms with Crippen LogP contribution in [0.3, 0.4) is 0 Å². The van der Waals surface area contributed by atoms with Gasteiger partial charge in [0, 0.05) is 0 Å². The lowest BCUT2D eigenvalue weighted by Gasteiger charge is -2.05. The van der Waals surface area contributed by atoms with E-state index in [-0.39, 0.29) is 6.61 Å². The quantitative estimate of drug-likeness (QED) is 0.809. The molecule has 0 aliphatic heterocycles. The van der Waals surface area contributed by atoms with Crippen molar-refractivity contribution in [3.63, 3.8) is 0 Å². The molecule has 0 radical (unpaired) electrons. The molecule has 0 spiro atoms. The van der Waals surface area contributed by atoms with Gasteiger partial charge in [-0.25, -0.2) is 8.78 Å². The largest absolute Gasteiger partial charge is 0.392 e. The van der Waals surface area contributed by atoms with E-state index in [0.717, 1.165) is 0 Å². The molecule has 2 rings (SSSR count). The van der Waals surface area contributed by atoms with Crippen molar-refractivity contribution in [3.8, 4) is 11.1 Å².